The van der Waals surface area contributed by atoms with Gasteiger partial charge in [-0.05, 0) is 24.5 Å². The predicted octanol–water partition coefficient (Wildman–Crippen LogP) is 2.67. The van der Waals surface area contributed by atoms with E-state index in [1.807, 2.05) is 30.3 Å². The van der Waals surface area contributed by atoms with Gasteiger partial charge in [-0.2, -0.15) is 0 Å². The van der Waals surface area contributed by atoms with Crippen LogP contribution in [0.5, 0.6) is 5.75 Å². The highest BCUT2D eigenvalue weighted by atomic mass is 16.5. The summed E-state index contributed by atoms with van der Waals surface area (Å²) in [6, 6.07) is 11.4. The molecule has 0 aliphatic carbocycles. The molecule has 1 unspecified atom stereocenters. The van der Waals surface area contributed by atoms with Crippen LogP contribution in [0.1, 0.15) is 24.0 Å². The van der Waals surface area contributed by atoms with Gasteiger partial charge in [0.05, 0.1) is 12.1 Å². The first-order chi connectivity index (χ1) is 13.1. The minimum absolute atomic E-state index is 0.245. The van der Waals surface area contributed by atoms with Crippen molar-refractivity contribution in [2.45, 2.75) is 26.0 Å². The molecule has 142 valence electrons. The van der Waals surface area contributed by atoms with Gasteiger partial charge in [-0.25, -0.2) is 4.79 Å². The van der Waals surface area contributed by atoms with E-state index in [1.54, 1.807) is 23.4 Å². The fourth-order valence-corrected chi connectivity index (χ4v) is 3.07. The highest BCUT2D eigenvalue weighted by Crippen LogP contribution is 2.19. The Morgan fingerprint density at radius 2 is 2.07 bits per heavy atom. The quantitative estimate of drug-likeness (QED) is 0.817. The van der Waals surface area contributed by atoms with Gasteiger partial charge in [0.1, 0.15) is 12.4 Å². The zero-order valence-electron chi connectivity index (χ0n) is 15.0. The molecule has 1 fully saturated rings. The number of carbonyl (C=O) groups excluding carboxylic acids is 1. The number of benzene rings is 1. The Bertz CT molecular complexity index is 782. The van der Waals surface area contributed by atoms with E-state index in [9.17, 15) is 9.59 Å². The Morgan fingerprint density at radius 3 is 2.85 bits per heavy atom. The maximum Gasteiger partial charge on any atom is 0.317 e. The number of nitrogens with one attached hydrogen (secondary N) is 1. The van der Waals surface area contributed by atoms with Crippen LogP contribution in [0.25, 0.3) is 0 Å². The Labute approximate surface area is 158 Å². The lowest BCUT2D eigenvalue weighted by Gasteiger charge is -2.30. The summed E-state index contributed by atoms with van der Waals surface area (Å²) in [7, 11) is 0. The highest BCUT2D eigenvalue weighted by molar-refractivity contribution is 5.76. The Kier molecular flexibility index (Phi) is 6.25. The van der Waals surface area contributed by atoms with Crippen molar-refractivity contribution < 1.29 is 19.4 Å². The zero-order chi connectivity index (χ0) is 19.1. The number of urea groups is 1. The van der Waals surface area contributed by atoms with Crippen LogP contribution < -0.4 is 10.1 Å². The number of hydrogen-bond acceptors (Lipinski definition) is 4. The summed E-state index contributed by atoms with van der Waals surface area (Å²) in [4.78, 5) is 29.2. The van der Waals surface area contributed by atoms with Crippen LogP contribution in [0.3, 0.4) is 0 Å². The number of nitrogens with zero attached hydrogens (tertiary/aromatic N) is 2. The van der Waals surface area contributed by atoms with E-state index in [0.717, 1.165) is 11.1 Å². The van der Waals surface area contributed by atoms with Gasteiger partial charge in [-0.15, -0.1) is 0 Å². The molecule has 0 radical (unpaired) electrons. The second kappa shape index (κ2) is 9.02. The largest absolute Gasteiger partial charge is 0.487 e. The molecule has 2 heterocycles. The summed E-state index contributed by atoms with van der Waals surface area (Å²) in [5.41, 5.74) is 1.87. The first-order valence-electron chi connectivity index (χ1n) is 8.98. The Morgan fingerprint density at radius 1 is 1.26 bits per heavy atom. The first kappa shape index (κ1) is 18.7. The van der Waals surface area contributed by atoms with E-state index in [4.69, 9.17) is 9.84 Å². The molecular formula is C20H23N3O4. The average molecular weight is 369 g/mol. The van der Waals surface area contributed by atoms with Gasteiger partial charge in [0.15, 0.2) is 0 Å². The lowest BCUT2D eigenvalue weighted by atomic mass is 9.99. The molecule has 2 N–H and O–H groups in total. The third-order valence-electron chi connectivity index (χ3n) is 4.60. The van der Waals surface area contributed by atoms with Crippen LogP contribution in [0.4, 0.5) is 4.79 Å². The summed E-state index contributed by atoms with van der Waals surface area (Å²) in [6.07, 6.45) is 4.59. The maximum absolute atomic E-state index is 12.4. The molecular weight excluding hydrogens is 346 g/mol. The van der Waals surface area contributed by atoms with E-state index in [0.29, 0.717) is 38.3 Å². The van der Waals surface area contributed by atoms with Crippen molar-refractivity contribution in [2.75, 3.05) is 13.1 Å². The molecule has 27 heavy (non-hydrogen) atoms. The molecule has 1 aliphatic heterocycles. The Balaban J connectivity index is 1.56. The molecule has 0 saturated carbocycles. The number of carboxylic acid groups (broad SMARTS) is 1. The molecule has 1 aromatic carbocycles. The van der Waals surface area contributed by atoms with Gasteiger partial charge in [-0.1, -0.05) is 30.3 Å². The smallest absolute Gasteiger partial charge is 0.317 e. The van der Waals surface area contributed by atoms with Crippen molar-refractivity contribution in [1.29, 1.82) is 0 Å². The van der Waals surface area contributed by atoms with Gasteiger partial charge in [0, 0.05) is 31.4 Å². The molecule has 1 atom stereocenters. The van der Waals surface area contributed by atoms with Gasteiger partial charge < -0.3 is 20.1 Å². The van der Waals surface area contributed by atoms with E-state index in [2.05, 4.69) is 10.3 Å². The molecule has 1 aliphatic rings. The fourth-order valence-electron chi connectivity index (χ4n) is 3.07. The van der Waals surface area contributed by atoms with Crippen molar-refractivity contribution in [3.8, 4) is 5.75 Å². The van der Waals surface area contributed by atoms with Gasteiger partial charge in [0.25, 0.3) is 0 Å². The lowest BCUT2D eigenvalue weighted by Crippen LogP contribution is -2.46. The minimum atomic E-state index is -0.849. The molecule has 1 saturated heterocycles. The molecule has 2 amide bonds. The average Bonchev–Trinajstić information content (AvgIpc) is 2.72. The van der Waals surface area contributed by atoms with Crippen LogP contribution in [-0.4, -0.2) is 40.1 Å². The van der Waals surface area contributed by atoms with Crippen LogP contribution in [0.2, 0.25) is 0 Å². The number of likely N-dealkylation sites (tertiary alicyclic amines) is 1. The highest BCUT2D eigenvalue weighted by Gasteiger charge is 2.28. The SMILES string of the molecule is O=C(O)C1CCCN(C(=O)NCc2ccncc2OCc2ccccc2)C1. The first-order valence-corrected chi connectivity index (χ1v) is 8.98. The number of carbonyl (C=O) groups is 2. The van der Waals surface area contributed by atoms with Crippen molar-refractivity contribution in [2.24, 2.45) is 5.92 Å². The Hall–Kier alpha value is -3.09. The van der Waals surface area contributed by atoms with Crippen LogP contribution in [-0.2, 0) is 17.9 Å². The molecule has 3 rings (SSSR count). The summed E-state index contributed by atoms with van der Waals surface area (Å²) >= 11 is 0. The fraction of sp³-hybridized carbons (Fsp3) is 0.350. The van der Waals surface area contributed by atoms with E-state index in [-0.39, 0.29) is 12.6 Å². The molecule has 1 aromatic heterocycles. The number of ether oxygens (including phenoxy) is 1. The molecule has 2 aromatic rings. The second-order valence-corrected chi connectivity index (χ2v) is 6.54. The number of aliphatic carboxylic acids is 1. The monoisotopic (exact) mass is 369 g/mol. The van der Waals surface area contributed by atoms with E-state index < -0.39 is 11.9 Å². The standard InChI is InChI=1S/C20H23N3O4/c24-19(25)17-7-4-10-23(13-17)20(26)22-11-16-8-9-21-12-18(16)27-14-15-5-2-1-3-6-15/h1-3,5-6,8-9,12,17H,4,7,10-11,13-14H2,(H,22,26)(H,24,25). The number of carboxylic acids is 1. The van der Waals surface area contributed by atoms with E-state index >= 15 is 0 Å². The maximum atomic E-state index is 12.4. The van der Waals surface area contributed by atoms with Crippen LogP contribution in [0.15, 0.2) is 48.8 Å². The van der Waals surface area contributed by atoms with E-state index in [1.165, 1.54) is 0 Å². The number of rotatable bonds is 6. The van der Waals surface area contributed by atoms with Crippen LogP contribution in [0, 0.1) is 5.92 Å². The predicted molar refractivity (Wildman–Crippen MR) is 99.2 cm³/mol. The van der Waals surface area contributed by atoms with Gasteiger partial charge >= 0.3 is 12.0 Å². The summed E-state index contributed by atoms with van der Waals surface area (Å²) in [5.74, 6) is -0.725. The minimum Gasteiger partial charge on any atom is -0.487 e. The van der Waals surface area contributed by atoms with Gasteiger partial charge in [-0.3, -0.25) is 9.78 Å². The summed E-state index contributed by atoms with van der Waals surface area (Å²) < 4.78 is 5.84. The number of hydrogen-bond donors (Lipinski definition) is 2. The third-order valence-corrected chi connectivity index (χ3v) is 4.60. The second-order valence-electron chi connectivity index (χ2n) is 6.54. The van der Waals surface area contributed by atoms with Crippen molar-refractivity contribution in [1.82, 2.24) is 15.2 Å². The zero-order valence-corrected chi connectivity index (χ0v) is 15.0. The number of amides is 2. The topological polar surface area (TPSA) is 91.8 Å². The third kappa shape index (κ3) is 5.20. The van der Waals surface area contributed by atoms with Crippen molar-refractivity contribution in [3.05, 3.63) is 59.9 Å². The van der Waals surface area contributed by atoms with Crippen molar-refractivity contribution in [3.63, 3.8) is 0 Å². The molecule has 0 spiro atoms. The number of pyridine rings is 1. The lowest BCUT2D eigenvalue weighted by molar-refractivity contribution is -0.143. The molecule has 7 heteroatoms. The molecule has 7 nitrogen and oxygen atoms in total. The summed E-state index contributed by atoms with van der Waals surface area (Å²) in [5, 5.41) is 12.0. The van der Waals surface area contributed by atoms with Gasteiger partial charge in [0.2, 0.25) is 0 Å². The number of aromatic nitrogens is 1. The molecule has 0 bridgehead atoms. The van der Waals surface area contributed by atoms with Crippen LogP contribution >= 0.6 is 0 Å². The summed E-state index contributed by atoms with van der Waals surface area (Å²) in [6.45, 7) is 1.53. The number of piperidine rings is 1. The normalized spacial score (nSPS) is 16.6. The van der Waals surface area contributed by atoms with Crippen molar-refractivity contribution >= 4 is 12.0 Å².